The first-order valence-electron chi connectivity index (χ1n) is 11.0. The average Bonchev–Trinajstić information content (AvgIpc) is 3.35. The van der Waals surface area contributed by atoms with Crippen LogP contribution in [0.4, 0.5) is 0 Å². The third-order valence-corrected chi connectivity index (χ3v) is 6.34. The molecule has 0 saturated carbocycles. The van der Waals surface area contributed by atoms with Gasteiger partial charge in [-0.25, -0.2) is 9.55 Å². The maximum Gasteiger partial charge on any atom is 0.368 e. The molecule has 162 valence electrons. The summed E-state index contributed by atoms with van der Waals surface area (Å²) in [5.41, 5.74) is 4.70. The summed E-state index contributed by atoms with van der Waals surface area (Å²) in [5, 5.41) is 9.17. The number of piperazine rings is 1. The first-order valence-corrected chi connectivity index (χ1v) is 11.0. The molecule has 0 bridgehead atoms. The van der Waals surface area contributed by atoms with E-state index in [0.29, 0.717) is 0 Å². The molecule has 1 aliphatic heterocycles. The fraction of sp³-hybridized carbons (Fsp3) is 0.375. The Balaban J connectivity index is 1.45. The van der Waals surface area contributed by atoms with E-state index < -0.39 is 0 Å². The Labute approximate surface area is 182 Å². The molecule has 0 spiro atoms. The molecular weight excluding hydrogens is 390 g/mol. The van der Waals surface area contributed by atoms with Gasteiger partial charge in [0.25, 0.3) is 0 Å². The third-order valence-electron chi connectivity index (χ3n) is 6.34. The number of H-pyrrole nitrogens is 1. The molecule has 0 amide bonds. The van der Waals surface area contributed by atoms with E-state index in [-0.39, 0.29) is 6.61 Å². The summed E-state index contributed by atoms with van der Waals surface area (Å²) in [5.74, 6) is 1.97. The molecule has 2 N–H and O–H groups in total. The summed E-state index contributed by atoms with van der Waals surface area (Å²) < 4.78 is 9.99. The van der Waals surface area contributed by atoms with Crippen molar-refractivity contribution in [3.8, 4) is 17.0 Å². The Kier molecular flexibility index (Phi) is 5.63. The Morgan fingerprint density at radius 2 is 1.65 bits per heavy atom. The lowest BCUT2D eigenvalue weighted by molar-refractivity contribution is -0.479. The monoisotopic (exact) mass is 420 g/mol. The molecule has 2 aromatic heterocycles. The summed E-state index contributed by atoms with van der Waals surface area (Å²) in [4.78, 5) is 8.47. The molecule has 3 heterocycles. The molecule has 31 heavy (non-hydrogen) atoms. The smallest absolute Gasteiger partial charge is 0.368 e. The number of hydrogen-bond acceptors (Lipinski definition) is 4. The van der Waals surface area contributed by atoms with Gasteiger partial charge in [-0.15, -0.1) is 0 Å². The summed E-state index contributed by atoms with van der Waals surface area (Å²) in [6, 6.07) is 16.7. The number of rotatable bonds is 7. The second-order valence-corrected chi connectivity index (χ2v) is 8.14. The number of aromatic amines is 1. The SMILES string of the molecule is COc1ccc(-c2c[n+]3c4ccccc4[nH]c3n2CCN2CCN(CCO)CC2)cc1. The quantitative estimate of drug-likeness (QED) is 0.449. The highest BCUT2D eigenvalue weighted by molar-refractivity contribution is 5.74. The first kappa shape index (κ1) is 20.1. The number of methoxy groups -OCH3 is 1. The molecular formula is C24H30N5O2+. The van der Waals surface area contributed by atoms with Crippen molar-refractivity contribution in [2.75, 3.05) is 53.0 Å². The van der Waals surface area contributed by atoms with Crippen molar-refractivity contribution in [2.24, 2.45) is 0 Å². The number of aromatic nitrogens is 3. The predicted molar refractivity (Wildman–Crippen MR) is 121 cm³/mol. The van der Waals surface area contributed by atoms with E-state index in [1.807, 2.05) is 12.1 Å². The normalized spacial score (nSPS) is 15.8. The Hall–Kier alpha value is -2.87. The summed E-state index contributed by atoms with van der Waals surface area (Å²) in [7, 11) is 1.70. The molecule has 1 aliphatic rings. The number of nitrogens with zero attached hydrogens (tertiary/aromatic N) is 4. The van der Waals surface area contributed by atoms with Crippen LogP contribution in [0, 0.1) is 0 Å². The van der Waals surface area contributed by atoms with Crippen molar-refractivity contribution in [1.29, 1.82) is 0 Å². The number of fused-ring (bicyclic) bond motifs is 3. The molecule has 5 rings (SSSR count). The van der Waals surface area contributed by atoms with E-state index in [9.17, 15) is 5.11 Å². The molecule has 2 aromatic carbocycles. The van der Waals surface area contributed by atoms with Crippen LogP contribution < -0.4 is 9.14 Å². The fourth-order valence-corrected chi connectivity index (χ4v) is 4.56. The van der Waals surface area contributed by atoms with E-state index in [0.717, 1.165) is 62.9 Å². The van der Waals surface area contributed by atoms with Crippen LogP contribution in [0.15, 0.2) is 54.7 Å². The number of aliphatic hydroxyl groups is 1. The van der Waals surface area contributed by atoms with Crippen LogP contribution in [0.1, 0.15) is 0 Å². The fourth-order valence-electron chi connectivity index (χ4n) is 4.56. The van der Waals surface area contributed by atoms with Crippen LogP contribution in [0.25, 0.3) is 28.1 Å². The van der Waals surface area contributed by atoms with Gasteiger partial charge in [-0.1, -0.05) is 12.1 Å². The average molecular weight is 421 g/mol. The zero-order chi connectivity index (χ0) is 21.2. The van der Waals surface area contributed by atoms with Crippen molar-refractivity contribution < 1.29 is 14.2 Å². The summed E-state index contributed by atoms with van der Waals surface area (Å²) in [6.07, 6.45) is 2.23. The summed E-state index contributed by atoms with van der Waals surface area (Å²) >= 11 is 0. The number of benzene rings is 2. The van der Waals surface area contributed by atoms with Crippen LogP contribution in [-0.4, -0.2) is 77.4 Å². The zero-order valence-corrected chi connectivity index (χ0v) is 18.0. The van der Waals surface area contributed by atoms with Crippen molar-refractivity contribution in [3.05, 3.63) is 54.7 Å². The van der Waals surface area contributed by atoms with E-state index in [4.69, 9.17) is 4.74 Å². The Morgan fingerprint density at radius 3 is 2.35 bits per heavy atom. The first-order chi connectivity index (χ1) is 15.3. The van der Waals surface area contributed by atoms with Crippen LogP contribution in [-0.2, 0) is 6.54 Å². The van der Waals surface area contributed by atoms with Gasteiger partial charge < -0.3 is 9.84 Å². The van der Waals surface area contributed by atoms with Crippen molar-refractivity contribution in [3.63, 3.8) is 0 Å². The molecule has 0 unspecified atom stereocenters. The highest BCUT2D eigenvalue weighted by Gasteiger charge is 2.23. The summed E-state index contributed by atoms with van der Waals surface area (Å²) in [6.45, 7) is 7.05. The van der Waals surface area contributed by atoms with E-state index in [1.54, 1.807) is 7.11 Å². The maximum absolute atomic E-state index is 9.17. The van der Waals surface area contributed by atoms with Gasteiger partial charge >= 0.3 is 5.78 Å². The highest BCUT2D eigenvalue weighted by atomic mass is 16.5. The van der Waals surface area contributed by atoms with Gasteiger partial charge in [-0.05, 0) is 36.4 Å². The lowest BCUT2D eigenvalue weighted by Crippen LogP contribution is -2.47. The molecule has 1 fully saturated rings. The van der Waals surface area contributed by atoms with E-state index in [1.165, 1.54) is 16.8 Å². The van der Waals surface area contributed by atoms with Crippen molar-refractivity contribution in [1.82, 2.24) is 19.4 Å². The number of hydrogen-bond donors (Lipinski definition) is 2. The third kappa shape index (κ3) is 3.92. The van der Waals surface area contributed by atoms with E-state index in [2.05, 4.69) is 66.3 Å². The van der Waals surface area contributed by atoms with Gasteiger partial charge in [0.15, 0.2) is 0 Å². The molecule has 0 atom stereocenters. The molecule has 7 nitrogen and oxygen atoms in total. The lowest BCUT2D eigenvalue weighted by atomic mass is 10.1. The van der Waals surface area contributed by atoms with E-state index >= 15 is 0 Å². The number of imidazole rings is 2. The van der Waals surface area contributed by atoms with Gasteiger partial charge in [-0.2, -0.15) is 4.40 Å². The van der Waals surface area contributed by atoms with Gasteiger partial charge in [0, 0.05) is 44.8 Å². The van der Waals surface area contributed by atoms with Gasteiger partial charge in [-0.3, -0.25) is 9.80 Å². The van der Waals surface area contributed by atoms with Crippen LogP contribution in [0.3, 0.4) is 0 Å². The second kappa shape index (κ2) is 8.70. The number of para-hydroxylation sites is 2. The van der Waals surface area contributed by atoms with Crippen molar-refractivity contribution >= 4 is 16.8 Å². The van der Waals surface area contributed by atoms with Gasteiger partial charge in [0.05, 0.1) is 20.3 Å². The topological polar surface area (TPSA) is 60.8 Å². The number of aliphatic hydroxyl groups excluding tert-OH is 1. The minimum atomic E-state index is 0.240. The van der Waals surface area contributed by atoms with Gasteiger partial charge in [0.2, 0.25) is 0 Å². The number of ether oxygens (including phenoxy) is 1. The highest BCUT2D eigenvalue weighted by Crippen LogP contribution is 2.25. The lowest BCUT2D eigenvalue weighted by Gasteiger charge is -2.34. The molecule has 0 aliphatic carbocycles. The Bertz CT molecular complexity index is 1160. The number of nitrogens with one attached hydrogen (secondary N) is 1. The number of β-amino-alcohol motifs (C(OH)–C–C–N with tert-alkyl or cyclic N) is 1. The minimum Gasteiger partial charge on any atom is -0.497 e. The van der Waals surface area contributed by atoms with Crippen LogP contribution in [0.2, 0.25) is 0 Å². The molecule has 0 radical (unpaired) electrons. The molecule has 1 saturated heterocycles. The predicted octanol–water partition coefficient (Wildman–Crippen LogP) is 1.99. The second-order valence-electron chi connectivity index (χ2n) is 8.14. The Morgan fingerprint density at radius 1 is 0.935 bits per heavy atom. The standard InChI is InChI=1S/C24H29N5O2/c1-31-20-8-6-19(7-9-20)23-18-29-22-5-3-2-4-21(22)25-24(29)28(23)15-14-26-10-12-27(13-11-26)16-17-30/h2-9,18,30H,10-17H2,1H3/p+1. The van der Waals surface area contributed by atoms with Gasteiger partial charge in [0.1, 0.15) is 28.7 Å². The molecule has 4 aromatic rings. The zero-order valence-electron chi connectivity index (χ0n) is 18.0. The molecule has 7 heteroatoms. The van der Waals surface area contributed by atoms with Crippen molar-refractivity contribution in [2.45, 2.75) is 6.54 Å². The largest absolute Gasteiger partial charge is 0.497 e. The minimum absolute atomic E-state index is 0.240. The van der Waals surface area contributed by atoms with Crippen LogP contribution in [0.5, 0.6) is 5.75 Å². The van der Waals surface area contributed by atoms with Crippen LogP contribution >= 0.6 is 0 Å². The maximum atomic E-state index is 9.17.